The summed E-state index contributed by atoms with van der Waals surface area (Å²) in [5.41, 5.74) is 3.02. The molecule has 11 heteroatoms. The van der Waals surface area contributed by atoms with Crippen molar-refractivity contribution in [3.05, 3.63) is 98.6 Å². The summed E-state index contributed by atoms with van der Waals surface area (Å²) in [7, 11) is 0. The molecule has 3 aromatic rings. The van der Waals surface area contributed by atoms with Crippen LogP contribution < -0.4 is 15.5 Å². The van der Waals surface area contributed by atoms with Gasteiger partial charge in [0.15, 0.2) is 5.11 Å². The first-order valence-corrected chi connectivity index (χ1v) is 12.3. The molecule has 1 saturated heterocycles. The van der Waals surface area contributed by atoms with Crippen molar-refractivity contribution in [3.8, 4) is 0 Å². The molecule has 0 unspecified atom stereocenters. The van der Waals surface area contributed by atoms with E-state index in [1.807, 2.05) is 42.2 Å². The number of nitrogens with zero attached hydrogens (tertiary/aromatic N) is 3. The highest BCUT2D eigenvalue weighted by Crippen LogP contribution is 2.30. The lowest BCUT2D eigenvalue weighted by atomic mass is 10.1. The SMILES string of the molecule is Cc1ccccc1C(=O)N1CCN(c2ccc(NC(=S)NC(=O)c3cccc([N+](=O)[O-])c3)cc2Cl)CC1. The van der Waals surface area contributed by atoms with Crippen LogP contribution in [0, 0.1) is 17.0 Å². The smallest absolute Gasteiger partial charge is 0.270 e. The van der Waals surface area contributed by atoms with E-state index in [4.69, 9.17) is 23.8 Å². The van der Waals surface area contributed by atoms with Crippen LogP contribution in [-0.2, 0) is 0 Å². The van der Waals surface area contributed by atoms with Crippen molar-refractivity contribution >= 4 is 57.8 Å². The number of carbonyl (C=O) groups excluding carboxylic acids is 2. The predicted octanol–water partition coefficient (Wildman–Crippen LogP) is 4.65. The van der Waals surface area contributed by atoms with Crippen LogP contribution in [0.4, 0.5) is 17.1 Å². The first-order valence-electron chi connectivity index (χ1n) is 11.5. The number of anilines is 2. The first kappa shape index (κ1) is 26.1. The number of non-ortho nitro benzene ring substituents is 1. The highest BCUT2D eigenvalue weighted by molar-refractivity contribution is 7.80. The molecule has 0 saturated carbocycles. The highest BCUT2D eigenvalue weighted by Gasteiger charge is 2.24. The molecule has 0 aromatic heterocycles. The number of benzene rings is 3. The third-order valence-corrected chi connectivity index (χ3v) is 6.54. The average molecular weight is 538 g/mol. The Bertz CT molecular complexity index is 1370. The molecule has 0 aliphatic carbocycles. The standard InChI is InChI=1S/C26H24ClN5O4S/c1-17-5-2-3-8-21(17)25(34)31-13-11-30(12-14-31)23-10-9-19(16-22(23)27)28-26(37)29-24(33)18-6-4-7-20(15-18)32(35)36/h2-10,15-16H,11-14H2,1H3,(H2,28,29,33,37). The van der Waals surface area contributed by atoms with E-state index in [-0.39, 0.29) is 22.3 Å². The summed E-state index contributed by atoms with van der Waals surface area (Å²) in [5, 5.41) is 16.9. The van der Waals surface area contributed by atoms with Gasteiger partial charge in [0.05, 0.1) is 15.6 Å². The van der Waals surface area contributed by atoms with E-state index in [1.165, 1.54) is 24.3 Å². The second-order valence-corrected chi connectivity index (χ2v) is 9.29. The van der Waals surface area contributed by atoms with E-state index >= 15 is 0 Å². The molecule has 2 amide bonds. The van der Waals surface area contributed by atoms with Crippen molar-refractivity contribution in [1.29, 1.82) is 0 Å². The van der Waals surface area contributed by atoms with Gasteiger partial charge in [0.25, 0.3) is 17.5 Å². The molecular formula is C26H24ClN5O4S. The fourth-order valence-corrected chi connectivity index (χ4v) is 4.58. The minimum atomic E-state index is -0.571. The zero-order chi connectivity index (χ0) is 26.5. The van der Waals surface area contributed by atoms with Gasteiger partial charge in [-0.2, -0.15) is 0 Å². The molecule has 0 radical (unpaired) electrons. The van der Waals surface area contributed by atoms with Gasteiger partial charge in [-0.1, -0.05) is 35.9 Å². The molecule has 190 valence electrons. The molecule has 0 atom stereocenters. The number of carbonyl (C=O) groups is 2. The lowest BCUT2D eigenvalue weighted by Crippen LogP contribution is -2.49. The number of amides is 2. The Balaban J connectivity index is 1.34. The number of halogens is 1. The molecule has 3 aromatic carbocycles. The molecule has 1 aliphatic rings. The topological polar surface area (TPSA) is 108 Å². The van der Waals surface area contributed by atoms with E-state index in [9.17, 15) is 19.7 Å². The fourth-order valence-electron chi connectivity index (χ4n) is 4.07. The number of nitrogens with one attached hydrogen (secondary N) is 2. The van der Waals surface area contributed by atoms with Crippen LogP contribution in [0.5, 0.6) is 0 Å². The zero-order valence-corrected chi connectivity index (χ0v) is 21.5. The van der Waals surface area contributed by atoms with Gasteiger partial charge in [-0.15, -0.1) is 0 Å². The summed E-state index contributed by atoms with van der Waals surface area (Å²) in [5.74, 6) is -0.536. The maximum atomic E-state index is 12.9. The van der Waals surface area contributed by atoms with Crippen LogP contribution in [0.25, 0.3) is 0 Å². The van der Waals surface area contributed by atoms with Crippen LogP contribution in [0.15, 0.2) is 66.7 Å². The van der Waals surface area contributed by atoms with Gasteiger partial charge >= 0.3 is 0 Å². The average Bonchev–Trinajstić information content (AvgIpc) is 2.89. The molecule has 9 nitrogen and oxygen atoms in total. The molecule has 0 spiro atoms. The van der Waals surface area contributed by atoms with E-state index in [0.29, 0.717) is 36.9 Å². The number of thiocarbonyl (C=S) groups is 1. The van der Waals surface area contributed by atoms with E-state index in [1.54, 1.807) is 12.1 Å². The normalized spacial score (nSPS) is 13.1. The molecule has 1 heterocycles. The van der Waals surface area contributed by atoms with Gasteiger partial charge in [-0.3, -0.25) is 25.0 Å². The first-order chi connectivity index (χ1) is 17.7. The Morgan fingerprint density at radius 2 is 1.73 bits per heavy atom. The molecule has 37 heavy (non-hydrogen) atoms. The summed E-state index contributed by atoms with van der Waals surface area (Å²) >= 11 is 11.8. The van der Waals surface area contributed by atoms with Gasteiger partial charge in [0, 0.05) is 55.1 Å². The van der Waals surface area contributed by atoms with Gasteiger partial charge in [0.2, 0.25) is 0 Å². The molecule has 0 bridgehead atoms. The number of piperazine rings is 1. The van der Waals surface area contributed by atoms with Gasteiger partial charge in [-0.25, -0.2) is 0 Å². The number of aryl methyl sites for hydroxylation is 1. The van der Waals surface area contributed by atoms with E-state index in [0.717, 1.165) is 16.8 Å². The Kier molecular flexibility index (Phi) is 8.00. The maximum absolute atomic E-state index is 12.9. The van der Waals surface area contributed by atoms with Gasteiger partial charge in [0.1, 0.15) is 0 Å². The quantitative estimate of drug-likeness (QED) is 0.277. The largest absolute Gasteiger partial charge is 0.367 e. The predicted molar refractivity (Wildman–Crippen MR) is 148 cm³/mol. The number of hydrogen-bond donors (Lipinski definition) is 2. The van der Waals surface area contributed by atoms with Crippen LogP contribution in [0.2, 0.25) is 5.02 Å². The number of rotatable bonds is 5. The maximum Gasteiger partial charge on any atom is 0.270 e. The summed E-state index contributed by atoms with van der Waals surface area (Å²) in [6.07, 6.45) is 0. The number of nitro benzene ring substituents is 1. The summed E-state index contributed by atoms with van der Waals surface area (Å²) in [6, 6.07) is 18.3. The lowest BCUT2D eigenvalue weighted by molar-refractivity contribution is -0.384. The molecule has 1 aliphatic heterocycles. The summed E-state index contributed by atoms with van der Waals surface area (Å²) in [6.45, 7) is 4.38. The highest BCUT2D eigenvalue weighted by atomic mass is 35.5. The Hall–Kier alpha value is -4.02. The van der Waals surface area contributed by atoms with Crippen LogP contribution >= 0.6 is 23.8 Å². The van der Waals surface area contributed by atoms with Crippen molar-refractivity contribution in [1.82, 2.24) is 10.2 Å². The fraction of sp³-hybridized carbons (Fsp3) is 0.192. The van der Waals surface area contributed by atoms with E-state index in [2.05, 4.69) is 15.5 Å². The minimum Gasteiger partial charge on any atom is -0.367 e. The van der Waals surface area contributed by atoms with Gasteiger partial charge in [-0.05, 0) is 55.0 Å². The Morgan fingerprint density at radius 3 is 2.41 bits per heavy atom. The monoisotopic (exact) mass is 537 g/mol. The zero-order valence-electron chi connectivity index (χ0n) is 19.9. The van der Waals surface area contributed by atoms with Crippen LogP contribution in [0.3, 0.4) is 0 Å². The molecule has 1 fully saturated rings. The van der Waals surface area contributed by atoms with Crippen molar-refractivity contribution in [2.45, 2.75) is 6.92 Å². The Morgan fingerprint density at radius 1 is 1.00 bits per heavy atom. The Labute approximate surface area is 224 Å². The number of hydrogen-bond acceptors (Lipinski definition) is 6. The van der Waals surface area contributed by atoms with Crippen molar-refractivity contribution in [2.24, 2.45) is 0 Å². The van der Waals surface area contributed by atoms with Crippen LogP contribution in [0.1, 0.15) is 26.3 Å². The van der Waals surface area contributed by atoms with E-state index < -0.39 is 10.8 Å². The molecule has 4 rings (SSSR count). The van der Waals surface area contributed by atoms with Crippen molar-refractivity contribution in [2.75, 3.05) is 36.4 Å². The third kappa shape index (κ3) is 6.22. The minimum absolute atomic E-state index is 0.0312. The van der Waals surface area contributed by atoms with Crippen LogP contribution in [-0.4, -0.2) is 52.9 Å². The second kappa shape index (κ2) is 11.4. The van der Waals surface area contributed by atoms with Crippen molar-refractivity contribution in [3.63, 3.8) is 0 Å². The number of nitro groups is 1. The van der Waals surface area contributed by atoms with Gasteiger partial charge < -0.3 is 15.1 Å². The molecule has 2 N–H and O–H groups in total. The molecular weight excluding hydrogens is 514 g/mol. The third-order valence-electron chi connectivity index (χ3n) is 6.03. The van der Waals surface area contributed by atoms with Crippen molar-refractivity contribution < 1.29 is 14.5 Å². The summed E-state index contributed by atoms with van der Waals surface area (Å²) in [4.78, 5) is 39.6. The second-order valence-electron chi connectivity index (χ2n) is 8.48. The summed E-state index contributed by atoms with van der Waals surface area (Å²) < 4.78 is 0. The lowest BCUT2D eigenvalue weighted by Gasteiger charge is -2.36.